The van der Waals surface area contributed by atoms with Crippen molar-refractivity contribution in [2.45, 2.75) is 63.5 Å². The van der Waals surface area contributed by atoms with Crippen LogP contribution < -0.4 is 15.5 Å². The Morgan fingerprint density at radius 2 is 1.82 bits per heavy atom. The second-order valence-corrected chi connectivity index (χ2v) is 9.39. The van der Waals surface area contributed by atoms with E-state index in [9.17, 15) is 14.9 Å². The van der Waals surface area contributed by atoms with Gasteiger partial charge in [-0.15, -0.1) is 0 Å². The number of carbonyl (C=O) groups excluding carboxylic acids is 1. The fraction of sp³-hybridized carbons (Fsp3) is 0.522. The van der Waals surface area contributed by atoms with Gasteiger partial charge in [0.1, 0.15) is 5.82 Å². The van der Waals surface area contributed by atoms with Gasteiger partial charge < -0.3 is 15.5 Å². The Balaban J connectivity index is 1.34. The molecule has 0 saturated heterocycles. The molecule has 0 unspecified atom stereocenters. The maximum absolute atomic E-state index is 12.6. The number of nitrogens with zero attached hydrogens (tertiary/aromatic N) is 4. The second-order valence-electron chi connectivity index (χ2n) is 8.99. The number of aromatic nitrogens is 2. The van der Waals surface area contributed by atoms with Gasteiger partial charge in [-0.05, 0) is 57.4 Å². The summed E-state index contributed by atoms with van der Waals surface area (Å²) in [7, 11) is 4.04. The van der Waals surface area contributed by atoms with E-state index >= 15 is 0 Å². The number of hydrogen-bond acceptors (Lipinski definition) is 7. The molecule has 1 amide bonds. The molecule has 2 aromatic rings. The third-order valence-electron chi connectivity index (χ3n) is 6.39. The van der Waals surface area contributed by atoms with Gasteiger partial charge in [-0.3, -0.25) is 14.9 Å². The van der Waals surface area contributed by atoms with E-state index in [4.69, 9.17) is 21.6 Å². The van der Waals surface area contributed by atoms with Crippen LogP contribution in [-0.4, -0.2) is 47.0 Å². The molecule has 33 heavy (non-hydrogen) atoms. The van der Waals surface area contributed by atoms with Crippen molar-refractivity contribution in [3.63, 3.8) is 0 Å². The van der Waals surface area contributed by atoms with Crippen molar-refractivity contribution >= 4 is 35.0 Å². The lowest BCUT2D eigenvalue weighted by Crippen LogP contribution is -2.40. The van der Waals surface area contributed by atoms with Gasteiger partial charge in [-0.25, -0.2) is 4.98 Å². The van der Waals surface area contributed by atoms with E-state index in [-0.39, 0.29) is 34.3 Å². The molecule has 4 rings (SSSR count). The van der Waals surface area contributed by atoms with Crippen LogP contribution in [0.1, 0.15) is 60.1 Å². The van der Waals surface area contributed by atoms with E-state index in [0.717, 1.165) is 50.0 Å². The van der Waals surface area contributed by atoms with Crippen LogP contribution in [0.4, 0.5) is 17.5 Å². The first-order chi connectivity index (χ1) is 15.8. The third kappa shape index (κ3) is 5.35. The minimum absolute atomic E-state index is 0.0311. The summed E-state index contributed by atoms with van der Waals surface area (Å²) in [6.45, 7) is 0. The van der Waals surface area contributed by atoms with Gasteiger partial charge in [0.05, 0.1) is 21.2 Å². The first-order valence-electron chi connectivity index (χ1n) is 11.4. The third-order valence-corrected chi connectivity index (χ3v) is 6.70. The molecule has 2 N–H and O–H groups in total. The Labute approximate surface area is 198 Å². The number of aryl methyl sites for hydroxylation is 1. The molecular formula is C23H29ClN6O3. The minimum atomic E-state index is -0.532. The van der Waals surface area contributed by atoms with Crippen molar-refractivity contribution < 1.29 is 9.72 Å². The SMILES string of the molecule is CN(C)c1nc(N[C@H]2CC[C@@H](NC(=O)c3ccc([N+](=O)[O-])cc3Cl)CC2)nc2c1CCCC2. The standard InChI is InChI=1S/C23H29ClN6O3/c1-29(2)21-18-5-3-4-6-20(18)27-23(28-21)26-15-9-7-14(8-10-15)25-22(31)17-12-11-16(30(32)33)13-19(17)24/h11-15H,3-10H2,1-2H3,(H,25,31)(H,26,27,28)/t14-,15+. The summed E-state index contributed by atoms with van der Waals surface area (Å²) in [5.74, 6) is 1.38. The first-order valence-corrected chi connectivity index (χ1v) is 11.8. The van der Waals surface area contributed by atoms with Crippen molar-refractivity contribution in [1.82, 2.24) is 15.3 Å². The number of anilines is 2. The lowest BCUT2D eigenvalue weighted by atomic mass is 9.91. The smallest absolute Gasteiger partial charge is 0.270 e. The average Bonchev–Trinajstić information content (AvgIpc) is 2.79. The summed E-state index contributed by atoms with van der Waals surface area (Å²) in [5.41, 5.74) is 2.54. The number of fused-ring (bicyclic) bond motifs is 1. The molecule has 0 spiro atoms. The minimum Gasteiger partial charge on any atom is -0.362 e. The van der Waals surface area contributed by atoms with E-state index < -0.39 is 4.92 Å². The van der Waals surface area contributed by atoms with Crippen molar-refractivity contribution in [3.05, 3.63) is 50.2 Å². The number of amides is 1. The van der Waals surface area contributed by atoms with Crippen molar-refractivity contribution in [2.75, 3.05) is 24.3 Å². The summed E-state index contributed by atoms with van der Waals surface area (Å²) in [6.07, 6.45) is 7.79. The molecule has 176 valence electrons. The number of nitro benzene ring substituents is 1. The highest BCUT2D eigenvalue weighted by atomic mass is 35.5. The van der Waals surface area contributed by atoms with Crippen LogP contribution in [0.5, 0.6) is 0 Å². The van der Waals surface area contributed by atoms with Gasteiger partial charge in [0, 0.05) is 43.9 Å². The molecule has 1 aromatic carbocycles. The maximum atomic E-state index is 12.6. The normalized spacial score (nSPS) is 20.0. The second kappa shape index (κ2) is 9.91. The van der Waals surface area contributed by atoms with E-state index in [0.29, 0.717) is 5.95 Å². The van der Waals surface area contributed by atoms with Crippen LogP contribution in [0, 0.1) is 10.1 Å². The number of nitrogens with one attached hydrogen (secondary N) is 2. The molecule has 1 aromatic heterocycles. The zero-order valence-electron chi connectivity index (χ0n) is 18.9. The Morgan fingerprint density at radius 3 is 2.48 bits per heavy atom. The highest BCUT2D eigenvalue weighted by molar-refractivity contribution is 6.34. The summed E-state index contributed by atoms with van der Waals surface area (Å²) in [6, 6.07) is 4.18. The van der Waals surface area contributed by atoms with E-state index in [2.05, 4.69) is 15.5 Å². The van der Waals surface area contributed by atoms with E-state index in [1.54, 1.807) is 0 Å². The molecule has 1 saturated carbocycles. The average molecular weight is 473 g/mol. The number of rotatable bonds is 6. The van der Waals surface area contributed by atoms with Crippen LogP contribution in [0.25, 0.3) is 0 Å². The van der Waals surface area contributed by atoms with Crippen molar-refractivity contribution in [2.24, 2.45) is 0 Å². The monoisotopic (exact) mass is 472 g/mol. The Morgan fingerprint density at radius 1 is 1.12 bits per heavy atom. The molecule has 1 fully saturated rings. The Hall–Kier alpha value is -2.94. The maximum Gasteiger partial charge on any atom is 0.270 e. The van der Waals surface area contributed by atoms with Crippen molar-refractivity contribution in [1.29, 1.82) is 0 Å². The molecule has 9 nitrogen and oxygen atoms in total. The number of non-ortho nitro benzene ring substituents is 1. The fourth-order valence-corrected chi connectivity index (χ4v) is 4.90. The topological polar surface area (TPSA) is 113 Å². The number of hydrogen-bond donors (Lipinski definition) is 2. The van der Waals surface area contributed by atoms with Gasteiger partial charge in [-0.1, -0.05) is 11.6 Å². The van der Waals surface area contributed by atoms with Gasteiger partial charge >= 0.3 is 0 Å². The van der Waals surface area contributed by atoms with Crippen LogP contribution >= 0.6 is 11.6 Å². The first kappa shape index (κ1) is 23.2. The molecule has 10 heteroatoms. The predicted octanol–water partition coefficient (Wildman–Crippen LogP) is 4.14. The number of nitro groups is 1. The molecule has 1 heterocycles. The van der Waals surface area contributed by atoms with Crippen molar-refractivity contribution in [3.8, 4) is 0 Å². The number of halogens is 1. The highest BCUT2D eigenvalue weighted by Crippen LogP contribution is 2.30. The summed E-state index contributed by atoms with van der Waals surface area (Å²) >= 11 is 6.09. The number of carbonyl (C=O) groups is 1. The molecule has 0 radical (unpaired) electrons. The van der Waals surface area contributed by atoms with Crippen LogP contribution in [-0.2, 0) is 12.8 Å². The van der Waals surface area contributed by atoms with E-state index in [1.165, 1.54) is 36.6 Å². The number of benzene rings is 1. The van der Waals surface area contributed by atoms with E-state index in [1.807, 2.05) is 14.1 Å². The van der Waals surface area contributed by atoms with Gasteiger partial charge in [0.15, 0.2) is 0 Å². The van der Waals surface area contributed by atoms with Crippen LogP contribution in [0.3, 0.4) is 0 Å². The molecular weight excluding hydrogens is 444 g/mol. The Bertz CT molecular complexity index is 1050. The lowest BCUT2D eigenvalue weighted by molar-refractivity contribution is -0.384. The summed E-state index contributed by atoms with van der Waals surface area (Å²) in [4.78, 5) is 34.6. The van der Waals surface area contributed by atoms with Gasteiger partial charge in [0.2, 0.25) is 5.95 Å². The summed E-state index contributed by atoms with van der Waals surface area (Å²) < 4.78 is 0. The predicted molar refractivity (Wildman–Crippen MR) is 128 cm³/mol. The molecule has 0 atom stereocenters. The molecule has 0 aliphatic heterocycles. The highest BCUT2D eigenvalue weighted by Gasteiger charge is 2.26. The zero-order valence-corrected chi connectivity index (χ0v) is 19.7. The van der Waals surface area contributed by atoms with Gasteiger partial charge in [-0.2, -0.15) is 4.98 Å². The quantitative estimate of drug-likeness (QED) is 0.479. The summed E-state index contributed by atoms with van der Waals surface area (Å²) in [5, 5.41) is 17.5. The zero-order chi connectivity index (χ0) is 23.5. The van der Waals surface area contributed by atoms with Crippen LogP contribution in [0.2, 0.25) is 5.02 Å². The molecule has 2 aliphatic rings. The Kier molecular flexibility index (Phi) is 6.97. The van der Waals surface area contributed by atoms with Crippen LogP contribution in [0.15, 0.2) is 18.2 Å². The fourth-order valence-electron chi connectivity index (χ4n) is 4.64. The lowest BCUT2D eigenvalue weighted by Gasteiger charge is -2.30. The molecule has 0 bridgehead atoms. The largest absolute Gasteiger partial charge is 0.362 e. The van der Waals surface area contributed by atoms with Gasteiger partial charge in [0.25, 0.3) is 11.6 Å². The molecule has 2 aliphatic carbocycles.